The summed E-state index contributed by atoms with van der Waals surface area (Å²) in [5, 5.41) is 6.44. The Balaban J connectivity index is 2.45. The van der Waals surface area contributed by atoms with Crippen LogP contribution in [-0.4, -0.2) is 24.5 Å². The van der Waals surface area contributed by atoms with Gasteiger partial charge in [0.2, 0.25) is 5.91 Å². The summed E-state index contributed by atoms with van der Waals surface area (Å²) in [6.45, 7) is 4.16. The SMILES string of the molecule is CCC(C)NC(=O)CC1(NC)CCCCC1. The number of hydrogen-bond acceptors (Lipinski definition) is 2. The molecule has 1 aliphatic rings. The second kappa shape index (κ2) is 6.24. The van der Waals surface area contributed by atoms with Crippen LogP contribution >= 0.6 is 0 Å². The van der Waals surface area contributed by atoms with Crippen molar-refractivity contribution < 1.29 is 4.79 Å². The minimum absolute atomic E-state index is 0.0653. The summed E-state index contributed by atoms with van der Waals surface area (Å²) in [6.07, 6.45) is 7.71. The second-order valence-corrected chi connectivity index (χ2v) is 5.14. The van der Waals surface area contributed by atoms with E-state index >= 15 is 0 Å². The number of amides is 1. The van der Waals surface area contributed by atoms with Crippen molar-refractivity contribution in [3.05, 3.63) is 0 Å². The van der Waals surface area contributed by atoms with Crippen molar-refractivity contribution in [1.82, 2.24) is 10.6 Å². The Kier molecular flexibility index (Phi) is 5.26. The first-order valence-corrected chi connectivity index (χ1v) is 6.60. The topological polar surface area (TPSA) is 41.1 Å². The molecule has 1 atom stereocenters. The highest BCUT2D eigenvalue weighted by Gasteiger charge is 2.32. The minimum Gasteiger partial charge on any atom is -0.354 e. The summed E-state index contributed by atoms with van der Waals surface area (Å²) in [4.78, 5) is 11.9. The highest BCUT2D eigenvalue weighted by atomic mass is 16.1. The van der Waals surface area contributed by atoms with Gasteiger partial charge in [-0.1, -0.05) is 26.2 Å². The Labute approximate surface area is 99.4 Å². The fraction of sp³-hybridized carbons (Fsp3) is 0.923. The Morgan fingerprint density at radius 1 is 1.31 bits per heavy atom. The lowest BCUT2D eigenvalue weighted by atomic mass is 9.79. The summed E-state index contributed by atoms with van der Waals surface area (Å²) < 4.78 is 0. The number of hydrogen-bond donors (Lipinski definition) is 2. The lowest BCUT2D eigenvalue weighted by molar-refractivity contribution is -0.123. The van der Waals surface area contributed by atoms with Gasteiger partial charge in [0.1, 0.15) is 0 Å². The van der Waals surface area contributed by atoms with Crippen molar-refractivity contribution in [1.29, 1.82) is 0 Å². The maximum atomic E-state index is 11.9. The Morgan fingerprint density at radius 3 is 2.44 bits per heavy atom. The zero-order chi connectivity index (χ0) is 12.0. The summed E-state index contributed by atoms with van der Waals surface area (Å²) in [5.74, 6) is 0.200. The van der Waals surface area contributed by atoms with Crippen LogP contribution in [0.25, 0.3) is 0 Å². The number of carbonyl (C=O) groups is 1. The van der Waals surface area contributed by atoms with Crippen LogP contribution in [-0.2, 0) is 4.79 Å². The van der Waals surface area contributed by atoms with Crippen molar-refractivity contribution in [3.8, 4) is 0 Å². The zero-order valence-electron chi connectivity index (χ0n) is 10.9. The molecule has 0 aromatic rings. The largest absolute Gasteiger partial charge is 0.354 e. The average molecular weight is 226 g/mol. The maximum absolute atomic E-state index is 11.9. The van der Waals surface area contributed by atoms with Crippen LogP contribution in [0.5, 0.6) is 0 Å². The molecule has 0 spiro atoms. The molecular weight excluding hydrogens is 200 g/mol. The van der Waals surface area contributed by atoms with E-state index in [1.54, 1.807) is 0 Å². The van der Waals surface area contributed by atoms with Gasteiger partial charge < -0.3 is 10.6 Å². The predicted molar refractivity (Wildman–Crippen MR) is 67.4 cm³/mol. The van der Waals surface area contributed by atoms with E-state index in [2.05, 4.69) is 24.5 Å². The molecule has 2 N–H and O–H groups in total. The number of nitrogens with one attached hydrogen (secondary N) is 2. The van der Waals surface area contributed by atoms with Crippen molar-refractivity contribution in [3.63, 3.8) is 0 Å². The molecule has 0 heterocycles. The monoisotopic (exact) mass is 226 g/mol. The zero-order valence-corrected chi connectivity index (χ0v) is 10.9. The van der Waals surface area contributed by atoms with E-state index in [0.29, 0.717) is 12.5 Å². The van der Waals surface area contributed by atoms with Crippen LogP contribution in [0, 0.1) is 0 Å². The van der Waals surface area contributed by atoms with Gasteiger partial charge in [0.15, 0.2) is 0 Å². The third-order valence-electron chi connectivity index (χ3n) is 3.86. The Morgan fingerprint density at radius 2 is 1.94 bits per heavy atom. The summed E-state index contributed by atoms with van der Waals surface area (Å²) in [7, 11) is 1.99. The first-order valence-electron chi connectivity index (χ1n) is 6.60. The van der Waals surface area contributed by atoms with Crippen molar-refractivity contribution in [2.75, 3.05) is 7.05 Å². The lowest BCUT2D eigenvalue weighted by Gasteiger charge is -2.37. The van der Waals surface area contributed by atoms with Crippen molar-refractivity contribution in [2.24, 2.45) is 0 Å². The molecule has 3 heteroatoms. The van der Waals surface area contributed by atoms with E-state index in [4.69, 9.17) is 0 Å². The molecule has 94 valence electrons. The first-order chi connectivity index (χ1) is 7.62. The van der Waals surface area contributed by atoms with Gasteiger partial charge in [-0.15, -0.1) is 0 Å². The van der Waals surface area contributed by atoms with Crippen LogP contribution in [0.3, 0.4) is 0 Å². The molecule has 0 aromatic carbocycles. The smallest absolute Gasteiger partial charge is 0.222 e. The third kappa shape index (κ3) is 3.78. The van der Waals surface area contributed by atoms with E-state index in [-0.39, 0.29) is 11.4 Å². The molecule has 1 rings (SSSR count). The van der Waals surface area contributed by atoms with Crippen LogP contribution in [0.15, 0.2) is 0 Å². The molecule has 0 saturated heterocycles. The van der Waals surface area contributed by atoms with Crippen molar-refractivity contribution in [2.45, 2.75) is 70.4 Å². The second-order valence-electron chi connectivity index (χ2n) is 5.14. The highest BCUT2D eigenvalue weighted by molar-refractivity contribution is 5.77. The maximum Gasteiger partial charge on any atom is 0.222 e. The van der Waals surface area contributed by atoms with Gasteiger partial charge in [-0.2, -0.15) is 0 Å². The van der Waals surface area contributed by atoms with E-state index in [1.165, 1.54) is 19.3 Å². The summed E-state index contributed by atoms with van der Waals surface area (Å²) in [6, 6.07) is 0.296. The molecule has 1 aliphatic carbocycles. The normalized spacial score (nSPS) is 21.4. The van der Waals surface area contributed by atoms with Crippen LogP contribution in [0.4, 0.5) is 0 Å². The first kappa shape index (κ1) is 13.5. The molecule has 0 aromatic heterocycles. The van der Waals surface area contributed by atoms with Crippen LogP contribution in [0.1, 0.15) is 58.8 Å². The number of rotatable bonds is 5. The molecule has 1 amide bonds. The van der Waals surface area contributed by atoms with Gasteiger partial charge in [-0.25, -0.2) is 0 Å². The molecule has 0 radical (unpaired) electrons. The van der Waals surface area contributed by atoms with Gasteiger partial charge in [0.05, 0.1) is 0 Å². The van der Waals surface area contributed by atoms with Gasteiger partial charge in [-0.05, 0) is 33.2 Å². The number of carbonyl (C=O) groups excluding carboxylic acids is 1. The molecule has 1 fully saturated rings. The van der Waals surface area contributed by atoms with Crippen LogP contribution < -0.4 is 10.6 Å². The molecule has 0 aliphatic heterocycles. The van der Waals surface area contributed by atoms with Gasteiger partial charge in [0, 0.05) is 18.0 Å². The predicted octanol–water partition coefficient (Wildman–Crippen LogP) is 2.21. The van der Waals surface area contributed by atoms with E-state index in [9.17, 15) is 4.79 Å². The molecular formula is C13H26N2O. The Hall–Kier alpha value is -0.570. The van der Waals surface area contributed by atoms with Crippen molar-refractivity contribution >= 4 is 5.91 Å². The minimum atomic E-state index is 0.0653. The van der Waals surface area contributed by atoms with E-state index in [1.807, 2.05) is 7.05 Å². The quantitative estimate of drug-likeness (QED) is 0.754. The standard InChI is InChI=1S/C13H26N2O/c1-4-11(2)15-12(16)10-13(14-3)8-6-5-7-9-13/h11,14H,4-10H2,1-3H3,(H,15,16). The molecule has 0 bridgehead atoms. The van der Waals surface area contributed by atoms with Gasteiger partial charge in [0.25, 0.3) is 0 Å². The molecule has 3 nitrogen and oxygen atoms in total. The average Bonchev–Trinajstić information content (AvgIpc) is 2.29. The summed E-state index contributed by atoms with van der Waals surface area (Å²) in [5.41, 5.74) is 0.0653. The Bertz CT molecular complexity index is 222. The summed E-state index contributed by atoms with van der Waals surface area (Å²) >= 11 is 0. The fourth-order valence-electron chi connectivity index (χ4n) is 2.48. The molecule has 1 unspecified atom stereocenters. The highest BCUT2D eigenvalue weighted by Crippen LogP contribution is 2.30. The molecule has 1 saturated carbocycles. The lowest BCUT2D eigenvalue weighted by Crippen LogP contribution is -2.49. The van der Waals surface area contributed by atoms with Crippen LogP contribution in [0.2, 0.25) is 0 Å². The van der Waals surface area contributed by atoms with Gasteiger partial charge in [-0.3, -0.25) is 4.79 Å². The van der Waals surface area contributed by atoms with Gasteiger partial charge >= 0.3 is 0 Å². The van der Waals surface area contributed by atoms with E-state index in [0.717, 1.165) is 19.3 Å². The fourth-order valence-corrected chi connectivity index (χ4v) is 2.48. The third-order valence-corrected chi connectivity index (χ3v) is 3.86. The van der Waals surface area contributed by atoms with E-state index < -0.39 is 0 Å². The molecule has 16 heavy (non-hydrogen) atoms.